The van der Waals surface area contributed by atoms with Gasteiger partial charge >= 0.3 is 0 Å². The molecule has 1 heterocycles. The van der Waals surface area contributed by atoms with Crippen molar-refractivity contribution in [1.82, 2.24) is 5.32 Å². The van der Waals surface area contributed by atoms with Crippen LogP contribution in [0.15, 0.2) is 46.3 Å². The Bertz CT molecular complexity index is 509. The van der Waals surface area contributed by atoms with Crippen LogP contribution in [0.5, 0.6) is 0 Å². The first-order valence-corrected chi connectivity index (χ1v) is 8.89. The van der Waals surface area contributed by atoms with Crippen molar-refractivity contribution in [1.29, 1.82) is 0 Å². The van der Waals surface area contributed by atoms with E-state index in [1.54, 1.807) is 0 Å². The van der Waals surface area contributed by atoms with Gasteiger partial charge in [-0.1, -0.05) is 44.2 Å². The lowest BCUT2D eigenvalue weighted by Gasteiger charge is -2.25. The van der Waals surface area contributed by atoms with Crippen LogP contribution < -0.4 is 5.32 Å². The fourth-order valence-electron chi connectivity index (χ4n) is 2.49. The number of thiophene rings is 1. The van der Waals surface area contributed by atoms with E-state index in [4.69, 9.17) is 0 Å². The zero-order valence-electron chi connectivity index (χ0n) is 12.1. The van der Waals surface area contributed by atoms with Crippen LogP contribution >= 0.6 is 27.3 Å². The largest absolute Gasteiger partial charge is 0.310 e. The van der Waals surface area contributed by atoms with Gasteiger partial charge < -0.3 is 5.32 Å². The van der Waals surface area contributed by atoms with Gasteiger partial charge in [0.25, 0.3) is 0 Å². The molecule has 0 spiro atoms. The van der Waals surface area contributed by atoms with Crippen molar-refractivity contribution < 1.29 is 0 Å². The molecule has 20 heavy (non-hydrogen) atoms. The third kappa shape index (κ3) is 4.18. The fourth-order valence-corrected chi connectivity index (χ4v) is 4.15. The summed E-state index contributed by atoms with van der Waals surface area (Å²) in [5.74, 6) is 0.568. The first-order chi connectivity index (χ1) is 9.72. The maximum Gasteiger partial charge on any atom is 0.0349 e. The maximum absolute atomic E-state index is 3.71. The topological polar surface area (TPSA) is 12.0 Å². The minimum atomic E-state index is 0.421. The van der Waals surface area contributed by atoms with Crippen LogP contribution in [0.4, 0.5) is 0 Å². The van der Waals surface area contributed by atoms with Crippen molar-refractivity contribution in [2.45, 2.75) is 32.7 Å². The SMILES string of the molecule is CCCNC(c1ccccc1)C(C)Cc1sccc1Br. The number of benzene rings is 1. The minimum absolute atomic E-state index is 0.421. The predicted molar refractivity (Wildman–Crippen MR) is 92.4 cm³/mol. The molecule has 2 rings (SSSR count). The molecule has 0 aliphatic carbocycles. The van der Waals surface area contributed by atoms with Crippen LogP contribution in [-0.4, -0.2) is 6.54 Å². The summed E-state index contributed by atoms with van der Waals surface area (Å²) in [6, 6.07) is 13.4. The smallest absolute Gasteiger partial charge is 0.0349 e. The monoisotopic (exact) mass is 351 g/mol. The molecule has 2 atom stereocenters. The van der Waals surface area contributed by atoms with Crippen LogP contribution in [0.25, 0.3) is 0 Å². The Morgan fingerprint density at radius 2 is 1.95 bits per heavy atom. The van der Waals surface area contributed by atoms with Gasteiger partial charge in [-0.3, -0.25) is 0 Å². The fraction of sp³-hybridized carbons (Fsp3) is 0.412. The molecule has 1 aromatic heterocycles. The van der Waals surface area contributed by atoms with Crippen molar-refractivity contribution in [2.75, 3.05) is 6.54 Å². The highest BCUT2D eigenvalue weighted by molar-refractivity contribution is 9.10. The summed E-state index contributed by atoms with van der Waals surface area (Å²) in [6.45, 7) is 5.62. The van der Waals surface area contributed by atoms with Gasteiger partial charge in [0.2, 0.25) is 0 Å². The first-order valence-electron chi connectivity index (χ1n) is 7.22. The Morgan fingerprint density at radius 1 is 1.20 bits per heavy atom. The molecule has 1 N–H and O–H groups in total. The number of rotatable bonds is 7. The summed E-state index contributed by atoms with van der Waals surface area (Å²) < 4.78 is 1.25. The van der Waals surface area contributed by atoms with Crippen LogP contribution in [-0.2, 0) is 6.42 Å². The molecule has 0 aliphatic rings. The van der Waals surface area contributed by atoms with Crippen LogP contribution in [0.3, 0.4) is 0 Å². The highest BCUT2D eigenvalue weighted by Gasteiger charge is 2.20. The molecule has 108 valence electrons. The predicted octanol–water partition coefficient (Wildman–Crippen LogP) is 5.43. The van der Waals surface area contributed by atoms with E-state index < -0.39 is 0 Å². The number of hydrogen-bond acceptors (Lipinski definition) is 2. The van der Waals surface area contributed by atoms with Gasteiger partial charge in [0.1, 0.15) is 0 Å². The van der Waals surface area contributed by atoms with Gasteiger partial charge in [-0.05, 0) is 58.2 Å². The van der Waals surface area contributed by atoms with E-state index >= 15 is 0 Å². The highest BCUT2D eigenvalue weighted by Crippen LogP contribution is 2.30. The number of halogens is 1. The summed E-state index contributed by atoms with van der Waals surface area (Å²) >= 11 is 5.48. The van der Waals surface area contributed by atoms with Gasteiger partial charge in [-0.25, -0.2) is 0 Å². The summed E-state index contributed by atoms with van der Waals surface area (Å²) in [4.78, 5) is 1.44. The van der Waals surface area contributed by atoms with E-state index in [0.717, 1.165) is 13.0 Å². The summed E-state index contributed by atoms with van der Waals surface area (Å²) in [6.07, 6.45) is 2.27. The molecule has 0 saturated carbocycles. The van der Waals surface area contributed by atoms with Crippen molar-refractivity contribution >= 4 is 27.3 Å². The molecule has 1 nitrogen and oxygen atoms in total. The maximum atomic E-state index is 3.71. The second-order valence-electron chi connectivity index (χ2n) is 5.22. The van der Waals surface area contributed by atoms with E-state index in [0.29, 0.717) is 12.0 Å². The second-order valence-corrected chi connectivity index (χ2v) is 7.07. The van der Waals surface area contributed by atoms with Crippen molar-refractivity contribution in [2.24, 2.45) is 5.92 Å². The Balaban J connectivity index is 2.12. The van der Waals surface area contributed by atoms with Crippen LogP contribution in [0.1, 0.15) is 36.8 Å². The van der Waals surface area contributed by atoms with E-state index in [1.165, 1.54) is 21.3 Å². The quantitative estimate of drug-likeness (QED) is 0.701. The Kier molecular flexibility index (Phi) is 6.27. The summed E-state index contributed by atoms with van der Waals surface area (Å²) in [5, 5.41) is 5.86. The van der Waals surface area contributed by atoms with Gasteiger partial charge in [0.15, 0.2) is 0 Å². The third-order valence-corrected chi connectivity index (χ3v) is 5.49. The van der Waals surface area contributed by atoms with Crippen molar-refractivity contribution in [3.8, 4) is 0 Å². The van der Waals surface area contributed by atoms with E-state index in [1.807, 2.05) is 11.3 Å². The lowest BCUT2D eigenvalue weighted by Crippen LogP contribution is -2.28. The molecule has 3 heteroatoms. The zero-order chi connectivity index (χ0) is 14.4. The lowest BCUT2D eigenvalue weighted by atomic mass is 9.91. The lowest BCUT2D eigenvalue weighted by molar-refractivity contribution is 0.386. The summed E-state index contributed by atoms with van der Waals surface area (Å²) in [7, 11) is 0. The normalized spacial score (nSPS) is 14.2. The van der Waals surface area contributed by atoms with Gasteiger partial charge in [-0.2, -0.15) is 0 Å². The molecule has 0 fully saturated rings. The second kappa shape index (κ2) is 7.96. The van der Waals surface area contributed by atoms with Gasteiger partial charge in [0, 0.05) is 15.4 Å². The summed E-state index contributed by atoms with van der Waals surface area (Å²) in [5.41, 5.74) is 1.39. The molecule has 2 unspecified atom stereocenters. The molecule has 0 amide bonds. The van der Waals surface area contributed by atoms with Gasteiger partial charge in [0.05, 0.1) is 0 Å². The van der Waals surface area contributed by atoms with Crippen LogP contribution in [0, 0.1) is 5.92 Å². The molecule has 0 bridgehead atoms. The van der Waals surface area contributed by atoms with E-state index in [9.17, 15) is 0 Å². The molecule has 0 aliphatic heterocycles. The average Bonchev–Trinajstić information content (AvgIpc) is 2.86. The van der Waals surface area contributed by atoms with E-state index in [-0.39, 0.29) is 0 Å². The van der Waals surface area contributed by atoms with Crippen LogP contribution in [0.2, 0.25) is 0 Å². The number of hydrogen-bond donors (Lipinski definition) is 1. The Hall–Kier alpha value is -0.640. The molecular weight excluding hydrogens is 330 g/mol. The Morgan fingerprint density at radius 3 is 2.55 bits per heavy atom. The molecule has 0 saturated heterocycles. The molecular formula is C17H22BrNS. The van der Waals surface area contributed by atoms with Crippen molar-refractivity contribution in [3.63, 3.8) is 0 Å². The zero-order valence-corrected chi connectivity index (χ0v) is 14.5. The minimum Gasteiger partial charge on any atom is -0.310 e. The first kappa shape index (κ1) is 15.7. The van der Waals surface area contributed by atoms with Crippen molar-refractivity contribution in [3.05, 3.63) is 56.7 Å². The molecule has 2 aromatic rings. The standard InChI is InChI=1S/C17H22BrNS/c1-3-10-19-17(14-7-5-4-6-8-14)13(2)12-16-15(18)9-11-20-16/h4-9,11,13,17,19H,3,10,12H2,1-2H3. The molecule has 0 radical (unpaired) electrons. The Labute approximate surface area is 134 Å². The average molecular weight is 352 g/mol. The number of nitrogens with one attached hydrogen (secondary N) is 1. The van der Waals surface area contributed by atoms with E-state index in [2.05, 4.69) is 76.9 Å². The van der Waals surface area contributed by atoms with Gasteiger partial charge in [-0.15, -0.1) is 11.3 Å². The molecule has 1 aromatic carbocycles. The highest BCUT2D eigenvalue weighted by atomic mass is 79.9. The third-order valence-electron chi connectivity index (χ3n) is 3.54.